The van der Waals surface area contributed by atoms with Gasteiger partial charge in [-0.05, 0) is 38.7 Å². The number of aliphatic carboxylic acids is 1. The summed E-state index contributed by atoms with van der Waals surface area (Å²) in [6.45, 7) is 0.915. The lowest BCUT2D eigenvalue weighted by Crippen LogP contribution is -2.46. The maximum Gasteiger partial charge on any atom is 0.309 e. The predicted molar refractivity (Wildman–Crippen MR) is 91.6 cm³/mol. The first kappa shape index (κ1) is 15.7. The minimum atomic E-state index is -3.04. The summed E-state index contributed by atoms with van der Waals surface area (Å²) >= 11 is 0. The van der Waals surface area contributed by atoms with Gasteiger partial charge in [0.05, 0.1) is 18.0 Å². The van der Waals surface area contributed by atoms with E-state index in [9.17, 15) is 18.7 Å². The number of halogens is 2. The van der Waals surface area contributed by atoms with Crippen LogP contribution in [0, 0.1) is 5.41 Å². The Hall–Kier alpha value is -1.53. The van der Waals surface area contributed by atoms with E-state index in [1.165, 1.54) is 18.7 Å². The number of carboxylic acids is 1. The lowest BCUT2D eigenvalue weighted by atomic mass is 9.89. The smallest absolute Gasteiger partial charge is 0.309 e. The van der Waals surface area contributed by atoms with Gasteiger partial charge in [0.2, 0.25) is 0 Å². The third kappa shape index (κ3) is 3.70. The second kappa shape index (κ2) is 6.65. The summed E-state index contributed by atoms with van der Waals surface area (Å²) in [5, 5.41) is 9.30. The first-order chi connectivity index (χ1) is 12.4. The number of nitrogens with zero attached hydrogens (tertiary/aromatic N) is 2. The molecule has 1 aromatic carbocycles. The molecule has 2 saturated heterocycles. The lowest BCUT2D eigenvalue weighted by molar-refractivity contribution is -0.147. The topological polar surface area (TPSA) is 43.8 Å². The first-order valence-electron chi connectivity index (χ1n) is 9.60. The highest BCUT2D eigenvalue weighted by Crippen LogP contribution is 2.42. The Kier molecular flexibility index (Phi) is 4.18. The fourth-order valence-electron chi connectivity index (χ4n) is 3.69. The largest absolute Gasteiger partial charge is 0.481 e. The fraction of sp³-hybridized carbons (Fsp3) is 0.632. The maximum absolute atomic E-state index is 14.9. The van der Waals surface area contributed by atoms with Gasteiger partial charge < -0.3 is 5.11 Å². The van der Waals surface area contributed by atoms with E-state index in [1.807, 2.05) is 30.3 Å². The summed E-state index contributed by atoms with van der Waals surface area (Å²) in [6, 6.07) is 7.73. The highest BCUT2D eigenvalue weighted by atomic mass is 19.3. The monoisotopic (exact) mass is 354 g/mol. The van der Waals surface area contributed by atoms with E-state index in [0.29, 0.717) is 13.0 Å². The van der Waals surface area contributed by atoms with E-state index in [-0.39, 0.29) is 13.0 Å². The average molecular weight is 354 g/mol. The van der Waals surface area contributed by atoms with Gasteiger partial charge in [0, 0.05) is 21.9 Å². The third-order valence-corrected chi connectivity index (χ3v) is 5.21. The molecule has 0 amide bonds. The molecule has 138 valence electrons. The van der Waals surface area contributed by atoms with Gasteiger partial charge in [0.15, 0.2) is 0 Å². The van der Waals surface area contributed by atoms with Crippen molar-refractivity contribution < 1.29 is 21.4 Å². The normalized spacial score (nSPS) is 28.5. The molecule has 2 atom stereocenters. The summed E-state index contributed by atoms with van der Waals surface area (Å²) in [6.07, 6.45) is 0.105. The molecule has 0 unspecified atom stereocenters. The zero-order chi connectivity index (χ0) is 20.0. The number of carboxylic acid groups (broad SMARTS) is 1. The van der Waals surface area contributed by atoms with Crippen LogP contribution < -0.4 is 0 Å². The van der Waals surface area contributed by atoms with E-state index in [4.69, 9.17) is 2.74 Å². The molecule has 2 aliphatic heterocycles. The molecule has 0 aromatic heterocycles. The quantitative estimate of drug-likeness (QED) is 0.853. The molecule has 0 bridgehead atoms. The van der Waals surface area contributed by atoms with Crippen LogP contribution in [0.4, 0.5) is 8.78 Å². The third-order valence-electron chi connectivity index (χ3n) is 5.21. The van der Waals surface area contributed by atoms with Crippen LogP contribution in [0.2, 0.25) is 0 Å². The van der Waals surface area contributed by atoms with Gasteiger partial charge in [-0.3, -0.25) is 14.6 Å². The Morgan fingerprint density at radius 2 is 2.04 bits per heavy atom. The summed E-state index contributed by atoms with van der Waals surface area (Å²) in [4.78, 5) is 14.3. The van der Waals surface area contributed by atoms with Crippen molar-refractivity contribution in [3.05, 3.63) is 35.9 Å². The van der Waals surface area contributed by atoms with Gasteiger partial charge in [-0.2, -0.15) is 0 Å². The van der Waals surface area contributed by atoms with E-state index >= 15 is 0 Å². The molecular weight excluding hydrogens is 326 g/mol. The molecule has 0 saturated carbocycles. The number of likely N-dealkylation sites (tertiary alicyclic amines) is 2. The molecule has 4 nitrogen and oxygen atoms in total. The van der Waals surface area contributed by atoms with Crippen molar-refractivity contribution in [3.63, 3.8) is 0 Å². The van der Waals surface area contributed by atoms with Gasteiger partial charge in [0.1, 0.15) is 0 Å². The molecule has 0 radical (unpaired) electrons. The second-order valence-electron chi connectivity index (χ2n) is 7.67. The maximum atomic E-state index is 14.9. The fourth-order valence-corrected chi connectivity index (χ4v) is 3.69. The van der Waals surface area contributed by atoms with Crippen molar-refractivity contribution in [1.82, 2.24) is 9.80 Å². The van der Waals surface area contributed by atoms with Crippen LogP contribution in [-0.4, -0.2) is 58.5 Å². The zero-order valence-corrected chi connectivity index (χ0v) is 14.6. The summed E-state index contributed by atoms with van der Waals surface area (Å²) in [5.74, 6) is -4.18. The van der Waals surface area contributed by atoms with Gasteiger partial charge in [-0.15, -0.1) is 0 Å². The highest BCUT2D eigenvalue weighted by molar-refractivity contribution is 5.73. The number of fused-ring (bicyclic) bond motifs is 1. The van der Waals surface area contributed by atoms with Crippen LogP contribution in [-0.2, 0) is 11.3 Å². The summed E-state index contributed by atoms with van der Waals surface area (Å²) in [5.41, 5.74) is -0.387. The van der Waals surface area contributed by atoms with Crippen molar-refractivity contribution in [3.8, 4) is 0 Å². The molecule has 1 aromatic rings. The van der Waals surface area contributed by atoms with Crippen molar-refractivity contribution in [2.45, 2.75) is 51.2 Å². The molecule has 0 spiro atoms. The molecule has 3 rings (SSSR count). The highest BCUT2D eigenvalue weighted by Gasteiger charge is 2.59. The predicted octanol–water partition coefficient (Wildman–Crippen LogP) is 3.08. The van der Waals surface area contributed by atoms with Gasteiger partial charge in [-0.25, -0.2) is 8.78 Å². The molecule has 25 heavy (non-hydrogen) atoms. The van der Waals surface area contributed by atoms with Gasteiger partial charge in [-0.1, -0.05) is 30.3 Å². The van der Waals surface area contributed by atoms with E-state index < -0.39 is 42.4 Å². The number of rotatable bonds is 6. The summed E-state index contributed by atoms with van der Waals surface area (Å²) < 4.78 is 46.4. The van der Waals surface area contributed by atoms with Crippen LogP contribution >= 0.6 is 0 Å². The second-order valence-corrected chi connectivity index (χ2v) is 7.67. The molecule has 6 heteroatoms. The number of hydrogen-bond acceptors (Lipinski definition) is 3. The van der Waals surface area contributed by atoms with Gasteiger partial charge >= 0.3 is 5.97 Å². The van der Waals surface area contributed by atoms with Crippen molar-refractivity contribution >= 4 is 5.97 Å². The molecule has 1 N–H and O–H groups in total. The van der Waals surface area contributed by atoms with Crippen LogP contribution in [0.25, 0.3) is 0 Å². The Morgan fingerprint density at radius 3 is 2.68 bits per heavy atom. The van der Waals surface area contributed by atoms with Crippen LogP contribution in [0.15, 0.2) is 30.3 Å². The van der Waals surface area contributed by atoms with Gasteiger partial charge in [0.25, 0.3) is 5.92 Å². The average Bonchev–Trinajstić information content (AvgIpc) is 3.09. The molecule has 2 aliphatic rings. The van der Waals surface area contributed by atoms with E-state index in [1.54, 1.807) is 4.90 Å². The number of hydrogen-bond donors (Lipinski definition) is 1. The van der Waals surface area contributed by atoms with Crippen molar-refractivity contribution in [1.29, 1.82) is 0 Å². The van der Waals surface area contributed by atoms with Crippen LogP contribution in [0.1, 0.15) is 35.0 Å². The Labute approximate surface area is 150 Å². The SMILES string of the molecule is [2H]C([2H])(CC(C)(C)C(=O)O)N1CC[C@H]2[C@@H]1C(F)(F)CN2Cc1ccccc1. The Balaban J connectivity index is 1.80. The zero-order valence-electron chi connectivity index (χ0n) is 16.6. The molecule has 2 heterocycles. The Bertz CT molecular complexity index is 700. The number of alkyl halides is 2. The van der Waals surface area contributed by atoms with Crippen molar-refractivity contribution in [2.75, 3.05) is 19.6 Å². The summed E-state index contributed by atoms with van der Waals surface area (Å²) in [7, 11) is 0. The number of benzene rings is 1. The molecular formula is C19H26F2N2O2. The van der Waals surface area contributed by atoms with Crippen molar-refractivity contribution in [2.24, 2.45) is 5.41 Å². The molecule has 2 fully saturated rings. The minimum absolute atomic E-state index is 0.193. The molecule has 0 aliphatic carbocycles. The lowest BCUT2D eigenvalue weighted by Gasteiger charge is -2.30. The number of carbonyl (C=O) groups is 1. The standard InChI is InChI=1S/C19H26F2N2O2/c1-18(2,17(24)25)9-11-22-10-8-15-16(22)19(20,21)13-23(15)12-14-6-4-3-5-7-14/h3-7,15-16H,8-13H2,1-2H3,(H,24,25)/t15-,16+/m0/s1/i11D2. The van der Waals surface area contributed by atoms with Crippen LogP contribution in [0.3, 0.4) is 0 Å². The van der Waals surface area contributed by atoms with E-state index in [2.05, 4.69) is 0 Å². The first-order valence-corrected chi connectivity index (χ1v) is 8.60. The Morgan fingerprint density at radius 1 is 1.36 bits per heavy atom. The van der Waals surface area contributed by atoms with Crippen LogP contribution in [0.5, 0.6) is 0 Å². The minimum Gasteiger partial charge on any atom is -0.481 e. The van der Waals surface area contributed by atoms with E-state index in [0.717, 1.165) is 5.56 Å².